The van der Waals surface area contributed by atoms with Crippen LogP contribution >= 0.6 is 0 Å². The summed E-state index contributed by atoms with van der Waals surface area (Å²) in [5, 5.41) is 3.85. The molecule has 0 bridgehead atoms. The van der Waals surface area contributed by atoms with Crippen molar-refractivity contribution in [3.8, 4) is 44.5 Å². The van der Waals surface area contributed by atoms with Gasteiger partial charge in [0.05, 0.1) is 5.41 Å². The van der Waals surface area contributed by atoms with E-state index in [0.29, 0.717) is 0 Å². The molecular weight excluding hydrogens is 530 g/mol. The molecule has 0 saturated heterocycles. The SMILES string of the molecule is c1ccc(-c2ccc(-c3cccc(Nc4cccc5c4-c4ccccc4C54c5ccccc5-c5ccccc54)c3)cc2)cc1. The lowest BCUT2D eigenvalue weighted by Crippen LogP contribution is -2.25. The average Bonchev–Trinajstić information content (AvgIpc) is 3.57. The zero-order valence-corrected chi connectivity index (χ0v) is 24.2. The number of anilines is 2. The summed E-state index contributed by atoms with van der Waals surface area (Å²) in [7, 11) is 0. The third-order valence-corrected chi connectivity index (χ3v) is 9.49. The van der Waals surface area contributed by atoms with E-state index in [0.717, 1.165) is 11.4 Å². The molecule has 7 aromatic carbocycles. The van der Waals surface area contributed by atoms with Crippen molar-refractivity contribution >= 4 is 11.4 Å². The van der Waals surface area contributed by atoms with Crippen molar-refractivity contribution in [3.63, 3.8) is 0 Å². The van der Waals surface area contributed by atoms with Crippen LogP contribution in [0.1, 0.15) is 22.3 Å². The Labute approximate surface area is 258 Å². The molecule has 0 amide bonds. The molecule has 0 fully saturated rings. The van der Waals surface area contributed by atoms with E-state index in [1.807, 2.05) is 0 Å². The molecule has 0 unspecified atom stereocenters. The maximum atomic E-state index is 3.85. The van der Waals surface area contributed by atoms with Gasteiger partial charge in [-0.2, -0.15) is 0 Å². The van der Waals surface area contributed by atoms with Crippen molar-refractivity contribution in [3.05, 3.63) is 192 Å². The molecule has 1 N–H and O–H groups in total. The average molecular weight is 560 g/mol. The topological polar surface area (TPSA) is 12.0 Å². The van der Waals surface area contributed by atoms with Gasteiger partial charge in [-0.3, -0.25) is 0 Å². The normalized spacial score (nSPS) is 13.2. The number of hydrogen-bond acceptors (Lipinski definition) is 1. The van der Waals surface area contributed by atoms with Crippen LogP contribution in [0.5, 0.6) is 0 Å². The van der Waals surface area contributed by atoms with Crippen molar-refractivity contribution in [2.45, 2.75) is 5.41 Å². The van der Waals surface area contributed by atoms with Crippen molar-refractivity contribution in [1.29, 1.82) is 0 Å². The van der Waals surface area contributed by atoms with E-state index in [9.17, 15) is 0 Å². The first kappa shape index (κ1) is 24.9. The van der Waals surface area contributed by atoms with Gasteiger partial charge in [-0.15, -0.1) is 0 Å². The van der Waals surface area contributed by atoms with Crippen LogP contribution in [0.4, 0.5) is 11.4 Å². The van der Waals surface area contributed by atoms with Crippen LogP contribution in [-0.4, -0.2) is 0 Å². The molecule has 9 rings (SSSR count). The Morgan fingerprint density at radius 1 is 0.341 bits per heavy atom. The van der Waals surface area contributed by atoms with Gasteiger partial charge in [0.15, 0.2) is 0 Å². The van der Waals surface area contributed by atoms with Crippen LogP contribution in [0.15, 0.2) is 170 Å². The first-order valence-corrected chi connectivity index (χ1v) is 15.3. The van der Waals surface area contributed by atoms with E-state index in [-0.39, 0.29) is 5.41 Å². The molecule has 0 aliphatic heterocycles. The summed E-state index contributed by atoms with van der Waals surface area (Å²) in [4.78, 5) is 0. The molecule has 44 heavy (non-hydrogen) atoms. The van der Waals surface area contributed by atoms with E-state index < -0.39 is 0 Å². The zero-order valence-electron chi connectivity index (χ0n) is 24.2. The fourth-order valence-electron chi connectivity index (χ4n) is 7.67. The molecule has 7 aromatic rings. The quantitative estimate of drug-likeness (QED) is 0.226. The summed E-state index contributed by atoms with van der Waals surface area (Å²) in [6, 6.07) is 61.8. The molecule has 2 aliphatic carbocycles. The maximum absolute atomic E-state index is 3.85. The summed E-state index contributed by atoms with van der Waals surface area (Å²) in [5.41, 5.74) is 17.4. The van der Waals surface area contributed by atoms with Crippen LogP contribution in [0, 0.1) is 0 Å². The summed E-state index contributed by atoms with van der Waals surface area (Å²) in [5.74, 6) is 0. The third kappa shape index (κ3) is 3.53. The smallest absolute Gasteiger partial charge is 0.0726 e. The molecule has 2 aliphatic rings. The van der Waals surface area contributed by atoms with E-state index in [2.05, 4.69) is 175 Å². The van der Waals surface area contributed by atoms with E-state index in [4.69, 9.17) is 0 Å². The molecule has 0 atom stereocenters. The van der Waals surface area contributed by atoms with Crippen LogP contribution in [0.2, 0.25) is 0 Å². The second kappa shape index (κ2) is 9.69. The standard InChI is InChI=1S/C43H29N/c1-2-12-29(13-3-1)30-24-26-31(27-25-30)32-14-10-15-33(28-32)44-41-23-11-22-40-42(41)36-18-6-9-21-39(36)43(40)37-19-7-4-16-34(37)35-17-5-8-20-38(35)43/h1-28,44H. The van der Waals surface area contributed by atoms with Crippen LogP contribution in [-0.2, 0) is 5.41 Å². The summed E-state index contributed by atoms with van der Waals surface area (Å²) in [6.07, 6.45) is 0. The lowest BCUT2D eigenvalue weighted by atomic mass is 9.70. The predicted molar refractivity (Wildman–Crippen MR) is 183 cm³/mol. The van der Waals surface area contributed by atoms with Gasteiger partial charge in [-0.05, 0) is 79.4 Å². The molecule has 0 aromatic heterocycles. The number of nitrogens with one attached hydrogen (secondary N) is 1. The van der Waals surface area contributed by atoms with Gasteiger partial charge in [-0.1, -0.05) is 152 Å². The van der Waals surface area contributed by atoms with Gasteiger partial charge in [0.2, 0.25) is 0 Å². The lowest BCUT2D eigenvalue weighted by Gasteiger charge is -2.30. The van der Waals surface area contributed by atoms with Gasteiger partial charge >= 0.3 is 0 Å². The number of hydrogen-bond donors (Lipinski definition) is 1. The first-order valence-electron chi connectivity index (χ1n) is 15.3. The van der Waals surface area contributed by atoms with Crippen LogP contribution in [0.25, 0.3) is 44.5 Å². The highest BCUT2D eigenvalue weighted by molar-refractivity contribution is 5.99. The molecule has 0 heterocycles. The third-order valence-electron chi connectivity index (χ3n) is 9.49. The Kier molecular flexibility index (Phi) is 5.48. The van der Waals surface area contributed by atoms with E-state index in [1.165, 1.54) is 66.8 Å². The monoisotopic (exact) mass is 559 g/mol. The molecule has 0 saturated carbocycles. The minimum absolute atomic E-state index is 0.334. The van der Waals surface area contributed by atoms with Crippen molar-refractivity contribution in [1.82, 2.24) is 0 Å². The van der Waals surface area contributed by atoms with Crippen molar-refractivity contribution < 1.29 is 0 Å². The fourth-order valence-corrected chi connectivity index (χ4v) is 7.67. The predicted octanol–water partition coefficient (Wildman–Crippen LogP) is 11.1. The van der Waals surface area contributed by atoms with Gasteiger partial charge < -0.3 is 5.32 Å². The van der Waals surface area contributed by atoms with Crippen LogP contribution < -0.4 is 5.32 Å². The van der Waals surface area contributed by atoms with E-state index >= 15 is 0 Å². The molecule has 1 heteroatoms. The van der Waals surface area contributed by atoms with Gasteiger partial charge in [0, 0.05) is 16.9 Å². The Hall–Kier alpha value is -5.66. The fraction of sp³-hybridized carbons (Fsp3) is 0.0233. The first-order chi connectivity index (χ1) is 21.8. The minimum Gasteiger partial charge on any atom is -0.355 e. The summed E-state index contributed by atoms with van der Waals surface area (Å²) in [6.45, 7) is 0. The number of rotatable bonds is 4. The summed E-state index contributed by atoms with van der Waals surface area (Å²) >= 11 is 0. The Bertz CT molecular complexity index is 2140. The van der Waals surface area contributed by atoms with Crippen LogP contribution in [0.3, 0.4) is 0 Å². The largest absolute Gasteiger partial charge is 0.355 e. The second-order valence-corrected chi connectivity index (χ2v) is 11.8. The van der Waals surface area contributed by atoms with Crippen molar-refractivity contribution in [2.24, 2.45) is 0 Å². The molecule has 206 valence electrons. The summed E-state index contributed by atoms with van der Waals surface area (Å²) < 4.78 is 0. The van der Waals surface area contributed by atoms with Crippen molar-refractivity contribution in [2.75, 3.05) is 5.32 Å². The Morgan fingerprint density at radius 3 is 1.50 bits per heavy atom. The number of fused-ring (bicyclic) bond motifs is 10. The Morgan fingerprint density at radius 2 is 0.818 bits per heavy atom. The zero-order chi connectivity index (χ0) is 29.1. The van der Waals surface area contributed by atoms with E-state index in [1.54, 1.807) is 0 Å². The van der Waals surface area contributed by atoms with Gasteiger partial charge in [0.1, 0.15) is 0 Å². The van der Waals surface area contributed by atoms with Gasteiger partial charge in [0.25, 0.3) is 0 Å². The lowest BCUT2D eigenvalue weighted by molar-refractivity contribution is 0.794. The maximum Gasteiger partial charge on any atom is 0.0726 e. The minimum atomic E-state index is -0.334. The molecule has 1 spiro atoms. The highest BCUT2D eigenvalue weighted by Crippen LogP contribution is 2.63. The highest BCUT2D eigenvalue weighted by Gasteiger charge is 2.51. The highest BCUT2D eigenvalue weighted by atomic mass is 14.9. The number of benzene rings is 7. The Balaban J connectivity index is 1.16. The second-order valence-electron chi connectivity index (χ2n) is 11.8. The van der Waals surface area contributed by atoms with Gasteiger partial charge in [-0.25, -0.2) is 0 Å². The molecule has 1 nitrogen and oxygen atoms in total. The molecule has 0 radical (unpaired) electrons. The molecular formula is C43H29N.